The average Bonchev–Trinajstić information content (AvgIpc) is 2.26. The zero-order chi connectivity index (χ0) is 12.6. The highest BCUT2D eigenvalue weighted by atomic mass is 31.2. The van der Waals surface area contributed by atoms with Crippen LogP contribution in [0.3, 0.4) is 0 Å². The van der Waals surface area contributed by atoms with E-state index in [9.17, 15) is 14.2 Å². The number of carbonyl (C=O) groups excluding carboxylic acids is 2. The van der Waals surface area contributed by atoms with Crippen LogP contribution in [0.15, 0.2) is 0 Å². The molecule has 0 heterocycles. The first-order valence-electron chi connectivity index (χ1n) is 4.85. The Hall–Kier alpha value is -0.710. The number of carbonyl (C=O) groups is 2. The van der Waals surface area contributed by atoms with Gasteiger partial charge in [-0.05, 0) is 6.92 Å². The fraction of sp³-hybridized carbons (Fsp3) is 0.778. The van der Waals surface area contributed by atoms with Gasteiger partial charge in [-0.25, -0.2) is 0 Å². The van der Waals surface area contributed by atoms with Crippen molar-refractivity contribution < 1.29 is 27.9 Å². The molecule has 0 bridgehead atoms. The first-order valence-corrected chi connectivity index (χ1v) is 6.58. The van der Waals surface area contributed by atoms with Crippen LogP contribution in [0, 0.1) is 0 Å². The molecule has 0 saturated heterocycles. The molecular formula is C9H17O6P. The lowest BCUT2D eigenvalue weighted by Gasteiger charge is -2.12. The van der Waals surface area contributed by atoms with E-state index < -0.39 is 13.6 Å². The number of hydrogen-bond acceptors (Lipinski definition) is 6. The summed E-state index contributed by atoms with van der Waals surface area (Å²) in [4.78, 5) is 22.3. The number of ether oxygens (including phenoxy) is 1. The van der Waals surface area contributed by atoms with Crippen molar-refractivity contribution in [2.24, 2.45) is 0 Å². The highest BCUT2D eigenvalue weighted by Gasteiger charge is 2.25. The van der Waals surface area contributed by atoms with E-state index in [2.05, 4.69) is 13.8 Å². The molecular weight excluding hydrogens is 235 g/mol. The van der Waals surface area contributed by atoms with Crippen LogP contribution in [0.5, 0.6) is 0 Å². The van der Waals surface area contributed by atoms with E-state index in [1.165, 1.54) is 14.2 Å². The van der Waals surface area contributed by atoms with E-state index in [1.54, 1.807) is 6.92 Å². The van der Waals surface area contributed by atoms with Gasteiger partial charge in [0.2, 0.25) is 0 Å². The van der Waals surface area contributed by atoms with Crippen LogP contribution in [0.4, 0.5) is 0 Å². The van der Waals surface area contributed by atoms with Crippen LogP contribution < -0.4 is 0 Å². The quantitative estimate of drug-likeness (QED) is 0.479. The van der Waals surface area contributed by atoms with Crippen molar-refractivity contribution in [2.75, 3.05) is 27.0 Å². The summed E-state index contributed by atoms with van der Waals surface area (Å²) in [5, 5.41) is 0. The van der Waals surface area contributed by atoms with E-state index >= 15 is 0 Å². The minimum absolute atomic E-state index is 0.0138. The van der Waals surface area contributed by atoms with Crippen LogP contribution in [0.1, 0.15) is 19.8 Å². The second kappa shape index (κ2) is 7.54. The first-order chi connectivity index (χ1) is 7.47. The predicted octanol–water partition coefficient (Wildman–Crippen LogP) is 1.38. The van der Waals surface area contributed by atoms with Crippen molar-refractivity contribution in [1.82, 2.24) is 0 Å². The van der Waals surface area contributed by atoms with E-state index in [1.807, 2.05) is 0 Å². The van der Waals surface area contributed by atoms with Gasteiger partial charge in [-0.2, -0.15) is 0 Å². The molecule has 0 unspecified atom stereocenters. The Bertz CT molecular complexity index is 280. The highest BCUT2D eigenvalue weighted by molar-refractivity contribution is 7.54. The Morgan fingerprint density at radius 3 is 2.12 bits per heavy atom. The van der Waals surface area contributed by atoms with Gasteiger partial charge < -0.3 is 13.8 Å². The molecule has 0 aliphatic heterocycles. The molecule has 0 amide bonds. The summed E-state index contributed by atoms with van der Waals surface area (Å²) in [6, 6.07) is 0. The molecule has 0 spiro atoms. The third-order valence-electron chi connectivity index (χ3n) is 1.84. The maximum absolute atomic E-state index is 11.6. The molecule has 0 N–H and O–H groups in total. The van der Waals surface area contributed by atoms with Gasteiger partial charge in [-0.1, -0.05) is 0 Å². The van der Waals surface area contributed by atoms with Crippen LogP contribution in [-0.4, -0.2) is 38.7 Å². The second-order valence-electron chi connectivity index (χ2n) is 2.98. The van der Waals surface area contributed by atoms with E-state index in [0.717, 1.165) is 0 Å². The Labute approximate surface area is 94.8 Å². The average molecular weight is 252 g/mol. The largest absolute Gasteiger partial charge is 0.466 e. The van der Waals surface area contributed by atoms with Gasteiger partial charge in [0.25, 0.3) is 0 Å². The number of esters is 1. The molecule has 0 aliphatic rings. The third kappa shape index (κ3) is 6.00. The lowest BCUT2D eigenvalue weighted by atomic mass is 10.2. The Kier molecular flexibility index (Phi) is 7.21. The molecule has 0 saturated carbocycles. The lowest BCUT2D eigenvalue weighted by Crippen LogP contribution is -2.11. The molecule has 0 aromatic carbocycles. The fourth-order valence-corrected chi connectivity index (χ4v) is 1.97. The van der Waals surface area contributed by atoms with Gasteiger partial charge >= 0.3 is 13.6 Å². The Morgan fingerprint density at radius 2 is 1.69 bits per heavy atom. The summed E-state index contributed by atoms with van der Waals surface area (Å²) in [6.45, 7) is 1.96. The second-order valence-corrected chi connectivity index (χ2v) is 5.25. The summed E-state index contributed by atoms with van der Waals surface area (Å²) >= 11 is 0. The van der Waals surface area contributed by atoms with Crippen molar-refractivity contribution >= 4 is 19.3 Å². The van der Waals surface area contributed by atoms with Crippen molar-refractivity contribution in [3.63, 3.8) is 0 Å². The maximum atomic E-state index is 11.6. The maximum Gasteiger partial charge on any atom is 0.337 e. The third-order valence-corrected chi connectivity index (χ3v) is 3.69. The SMILES string of the molecule is CCOC(=O)CCC(=O)CP(=O)(OC)OC. The van der Waals surface area contributed by atoms with Crippen LogP contribution >= 0.6 is 7.60 Å². The van der Waals surface area contributed by atoms with E-state index in [-0.39, 0.29) is 31.4 Å². The monoisotopic (exact) mass is 252 g/mol. The van der Waals surface area contributed by atoms with Gasteiger partial charge in [0, 0.05) is 20.6 Å². The van der Waals surface area contributed by atoms with Crippen LogP contribution in [-0.2, 0) is 27.9 Å². The summed E-state index contributed by atoms with van der Waals surface area (Å²) < 4.78 is 25.4. The minimum atomic E-state index is -3.31. The molecule has 94 valence electrons. The minimum Gasteiger partial charge on any atom is -0.466 e. The molecule has 0 aliphatic carbocycles. The summed E-state index contributed by atoms with van der Waals surface area (Å²) in [6.07, 6.45) is -0.352. The highest BCUT2D eigenvalue weighted by Crippen LogP contribution is 2.46. The number of Topliss-reactive ketones (excluding diaryl/α,β-unsaturated/α-hetero) is 1. The van der Waals surface area contributed by atoms with E-state index in [0.29, 0.717) is 0 Å². The van der Waals surface area contributed by atoms with Crippen molar-refractivity contribution in [2.45, 2.75) is 19.8 Å². The molecule has 16 heavy (non-hydrogen) atoms. The summed E-state index contributed by atoms with van der Waals surface area (Å²) in [7, 11) is -0.892. The molecule has 7 heteroatoms. The molecule has 0 aromatic heterocycles. The van der Waals surface area contributed by atoms with Gasteiger partial charge in [-0.15, -0.1) is 0 Å². The Morgan fingerprint density at radius 1 is 1.12 bits per heavy atom. The molecule has 0 aromatic rings. The number of ketones is 1. The zero-order valence-corrected chi connectivity index (χ0v) is 10.6. The molecule has 0 atom stereocenters. The Balaban J connectivity index is 4.00. The van der Waals surface area contributed by atoms with Gasteiger partial charge in [-0.3, -0.25) is 14.2 Å². The molecule has 0 radical (unpaired) electrons. The van der Waals surface area contributed by atoms with Gasteiger partial charge in [0.1, 0.15) is 11.9 Å². The first kappa shape index (κ1) is 15.3. The topological polar surface area (TPSA) is 78.9 Å². The van der Waals surface area contributed by atoms with Crippen molar-refractivity contribution in [3.8, 4) is 0 Å². The number of rotatable bonds is 8. The molecule has 6 nitrogen and oxygen atoms in total. The standard InChI is InChI=1S/C9H17O6P/c1-4-15-9(11)6-5-8(10)7-16(12,13-2)14-3/h4-7H2,1-3H3. The van der Waals surface area contributed by atoms with Crippen LogP contribution in [0.25, 0.3) is 0 Å². The van der Waals surface area contributed by atoms with Crippen molar-refractivity contribution in [1.29, 1.82) is 0 Å². The fourth-order valence-electron chi connectivity index (χ4n) is 0.973. The predicted molar refractivity (Wildman–Crippen MR) is 57.4 cm³/mol. The van der Waals surface area contributed by atoms with Gasteiger partial charge in [0.05, 0.1) is 13.0 Å². The van der Waals surface area contributed by atoms with Gasteiger partial charge in [0.15, 0.2) is 0 Å². The van der Waals surface area contributed by atoms with Crippen molar-refractivity contribution in [3.05, 3.63) is 0 Å². The molecule has 0 fully saturated rings. The molecule has 0 rings (SSSR count). The summed E-state index contributed by atoms with van der Waals surface area (Å²) in [5.41, 5.74) is 0. The number of hydrogen-bond donors (Lipinski definition) is 0. The lowest BCUT2D eigenvalue weighted by molar-refractivity contribution is -0.144. The zero-order valence-electron chi connectivity index (χ0n) is 9.73. The summed E-state index contributed by atoms with van der Waals surface area (Å²) in [5.74, 6) is -0.791. The van der Waals surface area contributed by atoms with Crippen LogP contribution in [0.2, 0.25) is 0 Å². The normalized spacial score (nSPS) is 11.2. The van der Waals surface area contributed by atoms with E-state index in [4.69, 9.17) is 0 Å². The smallest absolute Gasteiger partial charge is 0.337 e.